The van der Waals surface area contributed by atoms with E-state index in [9.17, 15) is 9.59 Å². The number of nitrogens with two attached hydrogens (primary N) is 1. The highest BCUT2D eigenvalue weighted by atomic mass is 16.5. The molecule has 0 saturated carbocycles. The Morgan fingerprint density at radius 2 is 2.30 bits per heavy atom. The van der Waals surface area contributed by atoms with Crippen LogP contribution >= 0.6 is 0 Å². The minimum Gasteiger partial charge on any atom is -0.462 e. The predicted octanol–water partition coefficient (Wildman–Crippen LogP) is 1.09. The summed E-state index contributed by atoms with van der Waals surface area (Å²) in [4.78, 5) is 25.3. The molecular weight excluding hydrogens is 258 g/mol. The SMILES string of the molecule is CCOC(=O)c1cc(NC2CCN(C)C2=O)ccc1N. The van der Waals surface area contributed by atoms with Gasteiger partial charge in [0, 0.05) is 25.0 Å². The Balaban J connectivity index is 2.15. The number of ether oxygens (including phenoxy) is 1. The van der Waals surface area contributed by atoms with Crippen molar-refractivity contribution in [1.82, 2.24) is 4.90 Å². The zero-order valence-electron chi connectivity index (χ0n) is 11.7. The van der Waals surface area contributed by atoms with Crippen LogP contribution in [0.1, 0.15) is 23.7 Å². The maximum atomic E-state index is 11.8. The molecule has 108 valence electrons. The predicted molar refractivity (Wildman–Crippen MR) is 76.5 cm³/mol. The molecule has 3 N–H and O–H groups in total. The molecule has 1 aromatic rings. The lowest BCUT2D eigenvalue weighted by atomic mass is 10.1. The number of carbonyl (C=O) groups excluding carboxylic acids is 2. The number of benzene rings is 1. The first-order valence-corrected chi connectivity index (χ1v) is 6.61. The number of likely N-dealkylation sites (tertiary alicyclic amines) is 1. The third-order valence-electron chi connectivity index (χ3n) is 3.32. The van der Waals surface area contributed by atoms with E-state index < -0.39 is 5.97 Å². The molecule has 1 unspecified atom stereocenters. The average Bonchev–Trinajstić information content (AvgIpc) is 2.73. The minimum atomic E-state index is -0.455. The van der Waals surface area contributed by atoms with E-state index in [2.05, 4.69) is 5.32 Å². The number of amides is 1. The summed E-state index contributed by atoms with van der Waals surface area (Å²) in [5, 5.41) is 3.13. The van der Waals surface area contributed by atoms with Crippen LogP contribution < -0.4 is 11.1 Å². The van der Waals surface area contributed by atoms with Crippen LogP contribution in [0.2, 0.25) is 0 Å². The Morgan fingerprint density at radius 1 is 1.55 bits per heavy atom. The van der Waals surface area contributed by atoms with Crippen molar-refractivity contribution >= 4 is 23.3 Å². The van der Waals surface area contributed by atoms with Gasteiger partial charge < -0.3 is 20.7 Å². The van der Waals surface area contributed by atoms with Crippen LogP contribution in [-0.4, -0.2) is 43.0 Å². The highest BCUT2D eigenvalue weighted by Gasteiger charge is 2.28. The number of nitrogens with zero attached hydrogens (tertiary/aromatic N) is 1. The minimum absolute atomic E-state index is 0.0551. The molecule has 0 bridgehead atoms. The summed E-state index contributed by atoms with van der Waals surface area (Å²) in [6.07, 6.45) is 0.744. The molecule has 0 aliphatic carbocycles. The summed E-state index contributed by atoms with van der Waals surface area (Å²) in [5.74, 6) is -0.400. The number of hydrogen-bond donors (Lipinski definition) is 2. The van der Waals surface area contributed by atoms with Gasteiger partial charge in [-0.05, 0) is 31.5 Å². The Bertz CT molecular complexity index is 530. The molecule has 1 heterocycles. The van der Waals surface area contributed by atoms with Crippen LogP contribution in [0.3, 0.4) is 0 Å². The maximum Gasteiger partial charge on any atom is 0.340 e. The molecule has 1 aromatic carbocycles. The van der Waals surface area contributed by atoms with Gasteiger partial charge in [0.15, 0.2) is 0 Å². The van der Waals surface area contributed by atoms with E-state index >= 15 is 0 Å². The standard InChI is InChI=1S/C14H19N3O3/c1-3-20-14(19)10-8-9(4-5-11(10)15)16-12-6-7-17(2)13(12)18/h4-5,8,12,16H,3,6-7,15H2,1-2H3. The van der Waals surface area contributed by atoms with E-state index in [-0.39, 0.29) is 11.9 Å². The zero-order chi connectivity index (χ0) is 14.7. The van der Waals surface area contributed by atoms with Gasteiger partial charge in [0.25, 0.3) is 0 Å². The molecule has 6 nitrogen and oxygen atoms in total. The first kappa shape index (κ1) is 14.2. The lowest BCUT2D eigenvalue weighted by molar-refractivity contribution is -0.127. The van der Waals surface area contributed by atoms with Crippen LogP contribution in [0, 0.1) is 0 Å². The lowest BCUT2D eigenvalue weighted by Crippen LogP contribution is -2.31. The van der Waals surface area contributed by atoms with Gasteiger partial charge in [-0.1, -0.05) is 0 Å². The van der Waals surface area contributed by atoms with E-state index in [1.807, 2.05) is 0 Å². The monoisotopic (exact) mass is 277 g/mol. The normalized spacial score (nSPS) is 18.2. The van der Waals surface area contributed by atoms with E-state index in [0.29, 0.717) is 23.5 Å². The maximum absolute atomic E-state index is 11.8. The highest BCUT2D eigenvalue weighted by molar-refractivity contribution is 5.96. The summed E-state index contributed by atoms with van der Waals surface area (Å²) in [5.41, 5.74) is 7.15. The number of likely N-dealkylation sites (N-methyl/N-ethyl adjacent to an activating group) is 1. The van der Waals surface area contributed by atoms with Gasteiger partial charge in [0.2, 0.25) is 5.91 Å². The molecule has 2 rings (SSSR count). The van der Waals surface area contributed by atoms with Gasteiger partial charge in [0.1, 0.15) is 6.04 Å². The van der Waals surface area contributed by atoms with Gasteiger partial charge in [-0.25, -0.2) is 4.79 Å². The van der Waals surface area contributed by atoms with E-state index in [4.69, 9.17) is 10.5 Å². The molecule has 1 aliphatic heterocycles. The van der Waals surface area contributed by atoms with Crippen LogP contribution in [-0.2, 0) is 9.53 Å². The zero-order valence-corrected chi connectivity index (χ0v) is 11.7. The number of carbonyl (C=O) groups is 2. The number of rotatable bonds is 4. The van der Waals surface area contributed by atoms with Crippen LogP contribution in [0.4, 0.5) is 11.4 Å². The van der Waals surface area contributed by atoms with Crippen molar-refractivity contribution in [3.05, 3.63) is 23.8 Å². The summed E-state index contributed by atoms with van der Waals surface area (Å²) in [7, 11) is 1.77. The second-order valence-corrected chi connectivity index (χ2v) is 4.77. The molecule has 1 saturated heterocycles. The Morgan fingerprint density at radius 3 is 2.90 bits per heavy atom. The molecule has 20 heavy (non-hydrogen) atoms. The molecule has 0 spiro atoms. The van der Waals surface area contributed by atoms with Crippen molar-refractivity contribution in [2.75, 3.05) is 31.2 Å². The molecule has 1 atom stereocenters. The van der Waals surface area contributed by atoms with E-state index in [1.165, 1.54) is 0 Å². The van der Waals surface area contributed by atoms with Crippen molar-refractivity contribution in [1.29, 1.82) is 0 Å². The van der Waals surface area contributed by atoms with E-state index in [1.54, 1.807) is 37.1 Å². The lowest BCUT2D eigenvalue weighted by Gasteiger charge is -2.15. The second kappa shape index (κ2) is 5.81. The molecule has 1 fully saturated rings. The summed E-state index contributed by atoms with van der Waals surface area (Å²) >= 11 is 0. The largest absolute Gasteiger partial charge is 0.462 e. The number of nitrogens with one attached hydrogen (secondary N) is 1. The molecule has 1 aliphatic rings. The third kappa shape index (κ3) is 2.84. The second-order valence-electron chi connectivity index (χ2n) is 4.77. The van der Waals surface area contributed by atoms with Crippen LogP contribution in [0.25, 0.3) is 0 Å². The van der Waals surface area contributed by atoms with Crippen molar-refractivity contribution in [3.63, 3.8) is 0 Å². The van der Waals surface area contributed by atoms with Crippen molar-refractivity contribution in [3.8, 4) is 0 Å². The highest BCUT2D eigenvalue weighted by Crippen LogP contribution is 2.21. The molecule has 0 radical (unpaired) electrons. The number of esters is 1. The summed E-state index contributed by atoms with van der Waals surface area (Å²) in [6.45, 7) is 2.77. The van der Waals surface area contributed by atoms with Crippen molar-refractivity contribution in [2.24, 2.45) is 0 Å². The van der Waals surface area contributed by atoms with Gasteiger partial charge in [-0.15, -0.1) is 0 Å². The Kier molecular flexibility index (Phi) is 4.12. The fourth-order valence-electron chi connectivity index (χ4n) is 2.19. The first-order chi connectivity index (χ1) is 9.52. The molecular formula is C14H19N3O3. The number of nitrogen functional groups attached to an aromatic ring is 1. The first-order valence-electron chi connectivity index (χ1n) is 6.61. The Hall–Kier alpha value is -2.24. The third-order valence-corrected chi connectivity index (χ3v) is 3.32. The van der Waals surface area contributed by atoms with Crippen LogP contribution in [0.15, 0.2) is 18.2 Å². The molecule has 6 heteroatoms. The quantitative estimate of drug-likeness (QED) is 0.635. The van der Waals surface area contributed by atoms with Gasteiger partial charge in [-0.2, -0.15) is 0 Å². The van der Waals surface area contributed by atoms with Gasteiger partial charge in [-0.3, -0.25) is 4.79 Å². The summed E-state index contributed by atoms with van der Waals surface area (Å²) < 4.78 is 4.95. The van der Waals surface area contributed by atoms with Crippen molar-refractivity contribution in [2.45, 2.75) is 19.4 Å². The fraction of sp³-hybridized carbons (Fsp3) is 0.429. The van der Waals surface area contributed by atoms with Gasteiger partial charge in [0.05, 0.1) is 12.2 Å². The topological polar surface area (TPSA) is 84.7 Å². The smallest absolute Gasteiger partial charge is 0.340 e. The number of hydrogen-bond acceptors (Lipinski definition) is 5. The van der Waals surface area contributed by atoms with Crippen molar-refractivity contribution < 1.29 is 14.3 Å². The Labute approximate surface area is 117 Å². The molecule has 0 aromatic heterocycles. The molecule has 1 amide bonds. The number of anilines is 2. The fourth-order valence-corrected chi connectivity index (χ4v) is 2.19. The summed E-state index contributed by atoms with van der Waals surface area (Å²) in [6, 6.07) is 4.76. The average molecular weight is 277 g/mol. The van der Waals surface area contributed by atoms with E-state index in [0.717, 1.165) is 13.0 Å². The van der Waals surface area contributed by atoms with Gasteiger partial charge >= 0.3 is 5.97 Å². The van der Waals surface area contributed by atoms with Crippen LogP contribution in [0.5, 0.6) is 0 Å².